The number of carbonyl (C=O) groups excluding carboxylic acids is 1. The number of thioether (sulfide) groups is 1. The molecule has 0 N–H and O–H groups in total. The molecule has 15 heavy (non-hydrogen) atoms. The van der Waals surface area contributed by atoms with Gasteiger partial charge in [-0.25, -0.2) is 4.79 Å². The van der Waals surface area contributed by atoms with Crippen LogP contribution in [0.5, 0.6) is 0 Å². The number of carbonyl (C=O) groups is 1. The van der Waals surface area contributed by atoms with Gasteiger partial charge in [-0.1, -0.05) is 11.6 Å². The van der Waals surface area contributed by atoms with Crippen LogP contribution in [-0.2, 0) is 16.9 Å². The predicted molar refractivity (Wildman–Crippen MR) is 60.5 cm³/mol. The quantitative estimate of drug-likeness (QED) is 0.710. The number of methoxy groups -OCH3 is 1. The normalized spacial score (nSPS) is 14.5. The molecule has 0 fully saturated rings. The van der Waals surface area contributed by atoms with E-state index in [1.54, 1.807) is 11.8 Å². The lowest BCUT2D eigenvalue weighted by molar-refractivity contribution is 0.0600. The van der Waals surface area contributed by atoms with Gasteiger partial charge in [-0.2, -0.15) is 11.8 Å². The van der Waals surface area contributed by atoms with E-state index >= 15 is 0 Å². The molecule has 0 radical (unpaired) electrons. The first-order valence-corrected chi connectivity index (χ1v) is 6.09. The van der Waals surface area contributed by atoms with Crippen molar-refractivity contribution in [2.24, 2.45) is 0 Å². The highest BCUT2D eigenvalue weighted by Gasteiger charge is 2.20. The predicted octanol–water partition coefficient (Wildman–Crippen LogP) is 2.31. The molecule has 1 aromatic heterocycles. The van der Waals surface area contributed by atoms with E-state index in [9.17, 15) is 4.79 Å². The fourth-order valence-corrected chi connectivity index (χ4v) is 2.90. The second-order valence-electron chi connectivity index (χ2n) is 3.21. The van der Waals surface area contributed by atoms with Gasteiger partial charge in [-0.05, 0) is 12.2 Å². The van der Waals surface area contributed by atoms with Crippen LogP contribution in [0.25, 0.3) is 0 Å². The molecule has 1 aliphatic rings. The van der Waals surface area contributed by atoms with E-state index in [0.717, 1.165) is 29.2 Å². The summed E-state index contributed by atoms with van der Waals surface area (Å²) in [5.41, 5.74) is 2.35. The third-order valence-electron chi connectivity index (χ3n) is 2.33. The van der Waals surface area contributed by atoms with Crippen LogP contribution in [0.1, 0.15) is 21.6 Å². The van der Waals surface area contributed by atoms with Crippen LogP contribution in [0, 0.1) is 0 Å². The van der Waals surface area contributed by atoms with Gasteiger partial charge in [-0.3, -0.25) is 4.98 Å². The molecule has 0 atom stereocenters. The average Bonchev–Trinajstić information content (AvgIpc) is 2.29. The van der Waals surface area contributed by atoms with Crippen LogP contribution in [0.15, 0.2) is 6.20 Å². The summed E-state index contributed by atoms with van der Waals surface area (Å²) in [6.07, 6.45) is 2.42. The molecule has 1 aromatic rings. The Labute approximate surface area is 97.2 Å². The maximum Gasteiger partial charge on any atom is 0.340 e. The Bertz CT molecular complexity index is 409. The number of aryl methyl sites for hydroxylation is 1. The third kappa shape index (κ3) is 1.96. The molecular weight excluding hydrogens is 234 g/mol. The summed E-state index contributed by atoms with van der Waals surface area (Å²) in [6.45, 7) is 0. The number of rotatable bonds is 1. The molecular formula is C10H10ClNO2S. The fraction of sp³-hybridized carbons (Fsp3) is 0.400. The molecule has 0 saturated heterocycles. The van der Waals surface area contributed by atoms with E-state index in [-0.39, 0.29) is 0 Å². The van der Waals surface area contributed by atoms with Gasteiger partial charge < -0.3 is 4.74 Å². The maximum absolute atomic E-state index is 11.4. The number of nitrogens with zero attached hydrogens (tertiary/aromatic N) is 1. The summed E-state index contributed by atoms with van der Waals surface area (Å²) in [7, 11) is 1.34. The topological polar surface area (TPSA) is 39.2 Å². The van der Waals surface area contributed by atoms with Crippen LogP contribution in [0.4, 0.5) is 0 Å². The van der Waals surface area contributed by atoms with Gasteiger partial charge in [0.25, 0.3) is 0 Å². The van der Waals surface area contributed by atoms with Crippen molar-refractivity contribution in [3.05, 3.63) is 28.0 Å². The number of esters is 1. The average molecular weight is 244 g/mol. The van der Waals surface area contributed by atoms with E-state index in [4.69, 9.17) is 11.6 Å². The molecule has 0 amide bonds. The molecule has 0 bridgehead atoms. The fourth-order valence-electron chi connectivity index (χ4n) is 1.52. The van der Waals surface area contributed by atoms with Gasteiger partial charge in [0.15, 0.2) is 0 Å². The van der Waals surface area contributed by atoms with Crippen molar-refractivity contribution in [3.8, 4) is 0 Å². The third-order valence-corrected chi connectivity index (χ3v) is 3.75. The minimum atomic E-state index is -0.425. The molecule has 80 valence electrons. The highest BCUT2D eigenvalue weighted by atomic mass is 35.5. The number of fused-ring (bicyclic) bond motifs is 1. The van der Waals surface area contributed by atoms with E-state index in [2.05, 4.69) is 9.72 Å². The Balaban J connectivity index is 2.47. The molecule has 2 rings (SSSR count). The van der Waals surface area contributed by atoms with Gasteiger partial charge in [-0.15, -0.1) is 0 Å². The zero-order valence-electron chi connectivity index (χ0n) is 8.25. The van der Waals surface area contributed by atoms with Crippen molar-refractivity contribution in [1.29, 1.82) is 0 Å². The number of hydrogen-bond acceptors (Lipinski definition) is 4. The highest BCUT2D eigenvalue weighted by Crippen LogP contribution is 2.31. The molecule has 5 heteroatoms. The summed E-state index contributed by atoms with van der Waals surface area (Å²) in [5, 5.41) is 0.499. The van der Waals surface area contributed by atoms with Crippen molar-refractivity contribution < 1.29 is 9.53 Å². The number of halogens is 1. The Hall–Kier alpha value is -0.740. The first-order valence-electron chi connectivity index (χ1n) is 4.56. The first-order chi connectivity index (χ1) is 7.24. The van der Waals surface area contributed by atoms with E-state index in [0.29, 0.717) is 10.6 Å². The van der Waals surface area contributed by atoms with Crippen LogP contribution in [-0.4, -0.2) is 23.8 Å². The summed E-state index contributed by atoms with van der Waals surface area (Å²) in [4.78, 5) is 15.6. The molecule has 1 aliphatic heterocycles. The lowest BCUT2D eigenvalue weighted by Gasteiger charge is -2.16. The maximum atomic E-state index is 11.4. The molecule has 3 nitrogen and oxygen atoms in total. The molecule has 2 heterocycles. The highest BCUT2D eigenvalue weighted by molar-refractivity contribution is 7.98. The van der Waals surface area contributed by atoms with Gasteiger partial charge in [0.05, 0.1) is 17.7 Å². The van der Waals surface area contributed by atoms with Crippen molar-refractivity contribution in [2.45, 2.75) is 12.2 Å². The Kier molecular flexibility index (Phi) is 3.17. The minimum absolute atomic E-state index is 0.361. The summed E-state index contributed by atoms with van der Waals surface area (Å²) < 4.78 is 4.64. The smallest absolute Gasteiger partial charge is 0.340 e. The Morgan fingerprint density at radius 2 is 2.47 bits per heavy atom. The molecule has 0 spiro atoms. The van der Waals surface area contributed by atoms with E-state index in [1.165, 1.54) is 13.3 Å². The Morgan fingerprint density at radius 3 is 3.20 bits per heavy atom. The molecule has 0 saturated carbocycles. The summed E-state index contributed by atoms with van der Waals surface area (Å²) in [6, 6.07) is 0. The van der Waals surface area contributed by atoms with Gasteiger partial charge in [0.2, 0.25) is 0 Å². The van der Waals surface area contributed by atoms with E-state index in [1.807, 2.05) is 0 Å². The molecule has 0 unspecified atom stereocenters. The number of pyridine rings is 1. The molecule has 0 aromatic carbocycles. The minimum Gasteiger partial charge on any atom is -0.465 e. The lowest BCUT2D eigenvalue weighted by Crippen LogP contribution is -2.11. The standard InChI is InChI=1S/C10H10ClNO2S/c1-14-10(13)6-4-12-8-2-3-15-5-7(8)9(6)11/h4H,2-3,5H2,1H3. The second kappa shape index (κ2) is 4.41. The Morgan fingerprint density at radius 1 is 1.67 bits per heavy atom. The van der Waals surface area contributed by atoms with Crippen molar-refractivity contribution in [3.63, 3.8) is 0 Å². The van der Waals surface area contributed by atoms with Crippen molar-refractivity contribution in [1.82, 2.24) is 4.98 Å². The van der Waals surface area contributed by atoms with E-state index < -0.39 is 5.97 Å². The number of hydrogen-bond donors (Lipinski definition) is 0. The van der Waals surface area contributed by atoms with Crippen LogP contribution >= 0.6 is 23.4 Å². The second-order valence-corrected chi connectivity index (χ2v) is 4.69. The summed E-state index contributed by atoms with van der Waals surface area (Å²) >= 11 is 7.95. The zero-order chi connectivity index (χ0) is 10.8. The summed E-state index contributed by atoms with van der Waals surface area (Å²) in [5.74, 6) is 1.46. The first kappa shape index (κ1) is 10.8. The monoisotopic (exact) mass is 243 g/mol. The van der Waals surface area contributed by atoms with Gasteiger partial charge in [0, 0.05) is 23.2 Å². The SMILES string of the molecule is COC(=O)c1cnc2c(c1Cl)CSCC2. The van der Waals surface area contributed by atoms with Crippen molar-refractivity contribution >= 4 is 29.3 Å². The van der Waals surface area contributed by atoms with Gasteiger partial charge >= 0.3 is 5.97 Å². The van der Waals surface area contributed by atoms with Gasteiger partial charge in [0.1, 0.15) is 0 Å². The lowest BCUT2D eigenvalue weighted by atomic mass is 10.1. The number of aromatic nitrogens is 1. The largest absolute Gasteiger partial charge is 0.465 e. The zero-order valence-corrected chi connectivity index (χ0v) is 9.82. The number of ether oxygens (including phenoxy) is 1. The van der Waals surface area contributed by atoms with Crippen LogP contribution < -0.4 is 0 Å². The van der Waals surface area contributed by atoms with Crippen LogP contribution in [0.2, 0.25) is 5.02 Å². The molecule has 0 aliphatic carbocycles. The van der Waals surface area contributed by atoms with Crippen molar-refractivity contribution in [2.75, 3.05) is 12.9 Å². The van der Waals surface area contributed by atoms with Crippen LogP contribution in [0.3, 0.4) is 0 Å².